The lowest BCUT2D eigenvalue weighted by molar-refractivity contribution is -0.141. The molecule has 1 saturated heterocycles. The lowest BCUT2D eigenvalue weighted by atomic mass is 9.88. The maximum absolute atomic E-state index is 11.3. The molecular weight excluding hydrogens is 416 g/mol. The first kappa shape index (κ1) is 27.0. The number of carbonyl (C=O) groups is 1. The summed E-state index contributed by atoms with van der Waals surface area (Å²) in [6.45, 7) is 10.2. The molecule has 0 amide bonds. The van der Waals surface area contributed by atoms with Gasteiger partial charge in [0, 0.05) is 24.8 Å². The molecule has 0 aromatic rings. The Morgan fingerprint density at radius 1 is 1.30 bits per heavy atom. The van der Waals surface area contributed by atoms with E-state index in [-0.39, 0.29) is 24.1 Å². The maximum atomic E-state index is 11.3. The molecule has 7 atom stereocenters. The third-order valence-corrected chi connectivity index (χ3v) is 6.04. The molecule has 4 unspecified atom stereocenters. The van der Waals surface area contributed by atoms with Crippen molar-refractivity contribution in [2.45, 2.75) is 84.4 Å². The van der Waals surface area contributed by atoms with E-state index in [9.17, 15) is 15.0 Å². The van der Waals surface area contributed by atoms with Crippen LogP contribution in [-0.4, -0.2) is 46.7 Å². The lowest BCUT2D eigenvalue weighted by Gasteiger charge is -2.38. The molecule has 0 radical (unpaired) electrons. The number of aliphatic hydroxyl groups excluding tert-OH is 2. The highest BCUT2D eigenvalue weighted by Gasteiger charge is 2.35. The van der Waals surface area contributed by atoms with Crippen LogP contribution in [0.15, 0.2) is 71.9 Å². The van der Waals surface area contributed by atoms with Crippen LogP contribution in [-0.2, 0) is 14.3 Å². The molecule has 2 N–H and O–H groups in total. The number of carbonyl (C=O) groups excluding carboxylic acids is 1. The fourth-order valence-corrected chi connectivity index (χ4v) is 4.19. The Morgan fingerprint density at radius 2 is 2.06 bits per heavy atom. The van der Waals surface area contributed by atoms with Crippen LogP contribution in [0.25, 0.3) is 0 Å². The Bertz CT molecular complexity index is 816. The van der Waals surface area contributed by atoms with Gasteiger partial charge in [-0.05, 0) is 39.2 Å². The van der Waals surface area contributed by atoms with Gasteiger partial charge in [0.15, 0.2) is 0 Å². The summed E-state index contributed by atoms with van der Waals surface area (Å²) >= 11 is 0. The van der Waals surface area contributed by atoms with E-state index in [1.165, 1.54) is 11.6 Å². The number of rotatable bonds is 9. The Hall–Kier alpha value is -2.21. The monoisotopic (exact) mass is 456 g/mol. The second-order valence-corrected chi connectivity index (χ2v) is 9.28. The fourth-order valence-electron chi connectivity index (χ4n) is 4.19. The van der Waals surface area contributed by atoms with Crippen molar-refractivity contribution >= 4 is 5.97 Å². The number of esters is 1. The molecule has 0 aliphatic carbocycles. The van der Waals surface area contributed by atoms with Crippen LogP contribution in [0.4, 0.5) is 0 Å². The molecule has 5 nitrogen and oxygen atoms in total. The Balaban J connectivity index is 1.85. The number of hydrogen-bond donors (Lipinski definition) is 2. The lowest BCUT2D eigenvalue weighted by Crippen LogP contribution is -2.46. The van der Waals surface area contributed by atoms with Gasteiger partial charge in [-0.15, -0.1) is 0 Å². The van der Waals surface area contributed by atoms with Crippen LogP contribution in [0.1, 0.15) is 53.9 Å². The zero-order valence-corrected chi connectivity index (χ0v) is 20.6. The average molecular weight is 457 g/mol. The minimum Gasteiger partial charge on any atom is -0.455 e. The van der Waals surface area contributed by atoms with E-state index in [0.717, 1.165) is 12.0 Å². The molecule has 1 fully saturated rings. The summed E-state index contributed by atoms with van der Waals surface area (Å²) in [7, 11) is 0. The van der Waals surface area contributed by atoms with Gasteiger partial charge < -0.3 is 19.7 Å². The van der Waals surface area contributed by atoms with E-state index in [4.69, 9.17) is 9.47 Å². The first-order valence-corrected chi connectivity index (χ1v) is 11.9. The summed E-state index contributed by atoms with van der Waals surface area (Å²) < 4.78 is 11.2. The van der Waals surface area contributed by atoms with Crippen molar-refractivity contribution in [2.75, 3.05) is 0 Å². The van der Waals surface area contributed by atoms with Crippen LogP contribution >= 0.6 is 0 Å². The smallest absolute Gasteiger partial charge is 0.331 e. The van der Waals surface area contributed by atoms with Crippen LogP contribution in [0.3, 0.4) is 0 Å². The van der Waals surface area contributed by atoms with E-state index in [0.29, 0.717) is 18.8 Å². The highest BCUT2D eigenvalue weighted by atomic mass is 16.5. The molecule has 0 saturated carbocycles. The molecule has 0 spiro atoms. The Morgan fingerprint density at radius 3 is 2.76 bits per heavy atom. The van der Waals surface area contributed by atoms with Crippen molar-refractivity contribution in [3.05, 3.63) is 71.9 Å². The first-order valence-electron chi connectivity index (χ1n) is 11.9. The van der Waals surface area contributed by atoms with Gasteiger partial charge in [-0.1, -0.05) is 73.6 Å². The van der Waals surface area contributed by atoms with Crippen molar-refractivity contribution in [3.8, 4) is 0 Å². The number of aliphatic hydroxyl groups is 2. The molecule has 182 valence electrons. The minimum absolute atomic E-state index is 0.0122. The number of allylic oxidation sites excluding steroid dienone is 7. The SMILES string of the molecule is C/C=C/C1OC([C@H](O)/C=C/C=C(\C)C[C@@H](C)/C=C(C)\C=C\C2CC=CC(=O)O2)CC(O)[C@@H]1C. The molecule has 5 heteroatoms. The number of ether oxygens (including phenoxy) is 2. The molecule has 0 aromatic carbocycles. The summed E-state index contributed by atoms with van der Waals surface area (Å²) in [5.41, 5.74) is 2.33. The normalized spacial score (nSPS) is 31.5. The molecular formula is C28H40O5. The van der Waals surface area contributed by atoms with E-state index < -0.39 is 18.3 Å². The third-order valence-electron chi connectivity index (χ3n) is 6.04. The van der Waals surface area contributed by atoms with Gasteiger partial charge >= 0.3 is 5.97 Å². The average Bonchev–Trinajstić information content (AvgIpc) is 2.75. The highest BCUT2D eigenvalue weighted by molar-refractivity contribution is 5.82. The summed E-state index contributed by atoms with van der Waals surface area (Å²) in [5, 5.41) is 20.8. The van der Waals surface area contributed by atoms with E-state index >= 15 is 0 Å². The standard InChI is InChI=1S/C28H40O5/c1-6-9-26-22(5)25(30)18-27(33-26)24(29)12-7-10-19(2)16-21(4)17-20(3)14-15-23-11-8-13-28(31)32-23/h6-10,12-15,17,21-27,29-30H,11,16,18H2,1-5H3/b9-6+,12-7+,15-14+,19-10+,20-17-/t21-,22+,23?,24-,25?,26?,27?/m1/s1. The van der Waals surface area contributed by atoms with Crippen molar-refractivity contribution < 1.29 is 24.5 Å². The number of hydrogen-bond acceptors (Lipinski definition) is 5. The maximum Gasteiger partial charge on any atom is 0.331 e. The van der Waals surface area contributed by atoms with Crippen molar-refractivity contribution in [3.63, 3.8) is 0 Å². The van der Waals surface area contributed by atoms with E-state index in [2.05, 4.69) is 19.9 Å². The highest BCUT2D eigenvalue weighted by Crippen LogP contribution is 2.28. The largest absolute Gasteiger partial charge is 0.455 e. The van der Waals surface area contributed by atoms with Crippen molar-refractivity contribution in [1.82, 2.24) is 0 Å². The van der Waals surface area contributed by atoms with E-state index in [1.54, 1.807) is 6.08 Å². The quantitative estimate of drug-likeness (QED) is 0.291. The summed E-state index contributed by atoms with van der Waals surface area (Å²) in [6, 6.07) is 0. The van der Waals surface area contributed by atoms with Gasteiger partial charge in [-0.25, -0.2) is 4.79 Å². The summed E-state index contributed by atoms with van der Waals surface area (Å²) in [5.74, 6) is 0.0688. The molecule has 33 heavy (non-hydrogen) atoms. The Kier molecular flexibility index (Phi) is 11.0. The predicted molar refractivity (Wildman–Crippen MR) is 132 cm³/mol. The molecule has 0 aromatic heterocycles. The second kappa shape index (κ2) is 13.5. The zero-order chi connectivity index (χ0) is 24.4. The van der Waals surface area contributed by atoms with Crippen LogP contribution < -0.4 is 0 Å². The second-order valence-electron chi connectivity index (χ2n) is 9.28. The molecule has 2 aliphatic rings. The van der Waals surface area contributed by atoms with Gasteiger partial charge in [-0.3, -0.25) is 0 Å². The molecule has 2 aliphatic heterocycles. The summed E-state index contributed by atoms with van der Waals surface area (Å²) in [4.78, 5) is 11.3. The topological polar surface area (TPSA) is 76.0 Å². The molecule has 2 heterocycles. The van der Waals surface area contributed by atoms with Crippen molar-refractivity contribution in [1.29, 1.82) is 0 Å². The van der Waals surface area contributed by atoms with Gasteiger partial charge in [0.1, 0.15) is 6.10 Å². The van der Waals surface area contributed by atoms with Crippen LogP contribution in [0, 0.1) is 11.8 Å². The van der Waals surface area contributed by atoms with Gasteiger partial charge in [0.2, 0.25) is 0 Å². The molecule has 2 rings (SSSR count). The minimum atomic E-state index is -0.766. The summed E-state index contributed by atoms with van der Waals surface area (Å²) in [6.07, 6.45) is 18.9. The van der Waals surface area contributed by atoms with Crippen LogP contribution in [0.2, 0.25) is 0 Å². The fraction of sp³-hybridized carbons (Fsp3) is 0.536. The molecule has 0 bridgehead atoms. The van der Waals surface area contributed by atoms with E-state index in [1.807, 2.05) is 63.3 Å². The first-order chi connectivity index (χ1) is 15.7. The van der Waals surface area contributed by atoms with Crippen molar-refractivity contribution in [2.24, 2.45) is 11.8 Å². The van der Waals surface area contributed by atoms with Gasteiger partial charge in [0.25, 0.3) is 0 Å². The van der Waals surface area contributed by atoms with Crippen LogP contribution in [0.5, 0.6) is 0 Å². The van der Waals surface area contributed by atoms with Gasteiger partial charge in [0.05, 0.1) is 24.4 Å². The number of cyclic esters (lactones) is 1. The zero-order valence-electron chi connectivity index (χ0n) is 20.6. The van der Waals surface area contributed by atoms with Gasteiger partial charge in [-0.2, -0.15) is 0 Å². The third kappa shape index (κ3) is 9.28. The predicted octanol–water partition coefficient (Wildman–Crippen LogP) is 4.98. The Labute approximate surface area is 198 Å².